The van der Waals surface area contributed by atoms with Gasteiger partial charge in [0.25, 0.3) is 5.91 Å². The maximum atomic E-state index is 12.8. The summed E-state index contributed by atoms with van der Waals surface area (Å²) < 4.78 is 5.28. The molecule has 0 spiro atoms. The number of anilines is 1. The van der Waals surface area contributed by atoms with E-state index in [1.165, 1.54) is 7.11 Å². The van der Waals surface area contributed by atoms with Crippen molar-refractivity contribution in [3.63, 3.8) is 0 Å². The summed E-state index contributed by atoms with van der Waals surface area (Å²) in [5, 5.41) is 9.92. The molecule has 0 radical (unpaired) electrons. The maximum absolute atomic E-state index is 12.8. The fourth-order valence-electron chi connectivity index (χ4n) is 3.10. The Labute approximate surface area is 157 Å². The fourth-order valence-corrected chi connectivity index (χ4v) is 3.26. The van der Waals surface area contributed by atoms with Crippen LogP contribution in [-0.2, 0) is 6.54 Å². The van der Waals surface area contributed by atoms with E-state index in [1.807, 2.05) is 12.1 Å². The molecule has 2 aromatic carbocycles. The molecule has 138 valence electrons. The molecule has 0 bridgehead atoms. The maximum Gasteiger partial charge on any atom is 0.257 e. The van der Waals surface area contributed by atoms with Crippen molar-refractivity contribution in [1.82, 2.24) is 9.80 Å². The number of phenolic OH excluding ortho intramolecular Hbond substituents is 1. The number of benzene rings is 2. The van der Waals surface area contributed by atoms with Crippen molar-refractivity contribution >= 4 is 23.2 Å². The van der Waals surface area contributed by atoms with Crippen LogP contribution >= 0.6 is 11.6 Å². The van der Waals surface area contributed by atoms with Gasteiger partial charge in [0.05, 0.1) is 23.4 Å². The Hall–Kier alpha value is -2.44. The van der Waals surface area contributed by atoms with Crippen molar-refractivity contribution in [1.29, 1.82) is 0 Å². The number of phenols is 1. The third-order valence-corrected chi connectivity index (χ3v) is 4.85. The molecule has 0 aliphatic carbocycles. The predicted octanol–water partition coefficient (Wildman–Crippen LogP) is 2.59. The molecule has 1 aliphatic rings. The molecular weight excluding hydrogens is 354 g/mol. The lowest BCUT2D eigenvalue weighted by molar-refractivity contribution is 0.0625. The second kappa shape index (κ2) is 7.85. The number of ether oxygens (including phenoxy) is 1. The van der Waals surface area contributed by atoms with E-state index in [0.29, 0.717) is 35.1 Å². The van der Waals surface area contributed by atoms with Gasteiger partial charge in [0.2, 0.25) is 0 Å². The number of rotatable bonds is 4. The van der Waals surface area contributed by atoms with Crippen LogP contribution < -0.4 is 10.5 Å². The highest BCUT2D eigenvalue weighted by Gasteiger charge is 2.25. The van der Waals surface area contributed by atoms with Crippen LogP contribution in [0.3, 0.4) is 0 Å². The summed E-state index contributed by atoms with van der Waals surface area (Å²) in [6.07, 6.45) is 0. The number of nitrogen functional groups attached to an aromatic ring is 1. The summed E-state index contributed by atoms with van der Waals surface area (Å²) in [5.41, 5.74) is 7.65. The Kier molecular flexibility index (Phi) is 5.54. The van der Waals surface area contributed by atoms with E-state index >= 15 is 0 Å². The third-order valence-electron chi connectivity index (χ3n) is 4.53. The Bertz CT molecular complexity index is 805. The minimum absolute atomic E-state index is 0.110. The van der Waals surface area contributed by atoms with Gasteiger partial charge in [0.15, 0.2) is 0 Å². The smallest absolute Gasteiger partial charge is 0.257 e. The summed E-state index contributed by atoms with van der Waals surface area (Å²) in [6, 6.07) is 10.4. The quantitative estimate of drug-likeness (QED) is 0.803. The Morgan fingerprint density at radius 3 is 2.62 bits per heavy atom. The van der Waals surface area contributed by atoms with Gasteiger partial charge >= 0.3 is 0 Å². The molecule has 7 heteroatoms. The molecule has 1 amide bonds. The highest BCUT2D eigenvalue weighted by atomic mass is 35.5. The van der Waals surface area contributed by atoms with Crippen LogP contribution in [-0.4, -0.2) is 54.1 Å². The van der Waals surface area contributed by atoms with E-state index in [-0.39, 0.29) is 11.7 Å². The highest BCUT2D eigenvalue weighted by Crippen LogP contribution is 2.30. The number of hydrogen-bond acceptors (Lipinski definition) is 5. The molecular formula is C19H22ClN3O3. The number of nitrogens with zero attached hydrogens (tertiary/aromatic N) is 2. The molecule has 1 aliphatic heterocycles. The van der Waals surface area contributed by atoms with E-state index in [0.717, 1.165) is 25.2 Å². The number of hydrogen-bond donors (Lipinski definition) is 2. The zero-order valence-electron chi connectivity index (χ0n) is 14.6. The first-order valence-corrected chi connectivity index (χ1v) is 8.78. The zero-order valence-corrected chi connectivity index (χ0v) is 15.4. The van der Waals surface area contributed by atoms with Crippen LogP contribution in [0, 0.1) is 0 Å². The molecule has 6 nitrogen and oxygen atoms in total. The number of amides is 1. The van der Waals surface area contributed by atoms with Crippen LogP contribution in [0.5, 0.6) is 11.5 Å². The van der Waals surface area contributed by atoms with Crippen molar-refractivity contribution in [2.75, 3.05) is 39.0 Å². The second-order valence-electron chi connectivity index (χ2n) is 6.31. The normalized spacial score (nSPS) is 15.1. The van der Waals surface area contributed by atoms with Gasteiger partial charge in [-0.3, -0.25) is 9.69 Å². The number of nitrogens with two attached hydrogens (primary N) is 1. The molecule has 1 saturated heterocycles. The average molecular weight is 376 g/mol. The van der Waals surface area contributed by atoms with Crippen LogP contribution in [0.4, 0.5) is 5.69 Å². The number of methoxy groups -OCH3 is 1. The van der Waals surface area contributed by atoms with Gasteiger partial charge < -0.3 is 20.5 Å². The molecule has 3 rings (SSSR count). The first-order valence-electron chi connectivity index (χ1n) is 8.40. The first-order chi connectivity index (χ1) is 12.5. The van der Waals surface area contributed by atoms with Gasteiger partial charge in [0.1, 0.15) is 11.5 Å². The molecule has 26 heavy (non-hydrogen) atoms. The fraction of sp³-hybridized carbons (Fsp3) is 0.316. The van der Waals surface area contributed by atoms with E-state index in [9.17, 15) is 9.90 Å². The minimum atomic E-state index is -0.110. The van der Waals surface area contributed by atoms with E-state index in [2.05, 4.69) is 4.90 Å². The molecule has 0 atom stereocenters. The van der Waals surface area contributed by atoms with E-state index < -0.39 is 0 Å². The lowest BCUT2D eigenvalue weighted by Crippen LogP contribution is -2.48. The number of aromatic hydroxyl groups is 1. The Morgan fingerprint density at radius 1 is 1.23 bits per heavy atom. The number of piperazine rings is 1. The van der Waals surface area contributed by atoms with Crippen molar-refractivity contribution < 1.29 is 14.6 Å². The highest BCUT2D eigenvalue weighted by molar-refractivity contribution is 6.33. The molecule has 0 saturated carbocycles. The number of carbonyl (C=O) groups excluding carboxylic acids is 1. The topological polar surface area (TPSA) is 79.0 Å². The lowest BCUT2D eigenvalue weighted by atomic mass is 10.1. The summed E-state index contributed by atoms with van der Waals surface area (Å²) in [6.45, 7) is 3.48. The summed E-state index contributed by atoms with van der Waals surface area (Å²) in [7, 11) is 1.51. The Morgan fingerprint density at radius 2 is 1.96 bits per heavy atom. The first kappa shape index (κ1) is 18.4. The van der Waals surface area contributed by atoms with Crippen LogP contribution in [0.15, 0.2) is 36.4 Å². The summed E-state index contributed by atoms with van der Waals surface area (Å²) in [5.74, 6) is 0.587. The van der Waals surface area contributed by atoms with Gasteiger partial charge in [-0.25, -0.2) is 0 Å². The average Bonchev–Trinajstić information content (AvgIpc) is 2.63. The number of halogens is 1. The zero-order chi connectivity index (χ0) is 18.7. The molecule has 1 fully saturated rings. The van der Waals surface area contributed by atoms with Crippen molar-refractivity contribution in [3.8, 4) is 11.5 Å². The van der Waals surface area contributed by atoms with Crippen LogP contribution in [0.25, 0.3) is 0 Å². The van der Waals surface area contributed by atoms with Gasteiger partial charge in [0, 0.05) is 38.8 Å². The van der Waals surface area contributed by atoms with Gasteiger partial charge in [-0.2, -0.15) is 0 Å². The Balaban J connectivity index is 1.64. The monoisotopic (exact) mass is 375 g/mol. The lowest BCUT2D eigenvalue weighted by Gasteiger charge is -2.35. The third kappa shape index (κ3) is 4.03. The minimum Gasteiger partial charge on any atom is -0.508 e. The molecule has 3 N–H and O–H groups in total. The van der Waals surface area contributed by atoms with Gasteiger partial charge in [-0.1, -0.05) is 23.7 Å². The van der Waals surface area contributed by atoms with E-state index in [4.69, 9.17) is 22.1 Å². The molecule has 0 aromatic heterocycles. The van der Waals surface area contributed by atoms with Gasteiger partial charge in [-0.15, -0.1) is 0 Å². The molecule has 1 heterocycles. The van der Waals surface area contributed by atoms with Gasteiger partial charge in [-0.05, 0) is 23.8 Å². The predicted molar refractivity (Wildman–Crippen MR) is 102 cm³/mol. The SMILES string of the molecule is COc1cc(N)c(Cl)cc1C(=O)N1CCN(Cc2cccc(O)c2)CC1. The van der Waals surface area contributed by atoms with Crippen LogP contribution in [0.2, 0.25) is 5.02 Å². The summed E-state index contributed by atoms with van der Waals surface area (Å²) >= 11 is 6.07. The van der Waals surface area contributed by atoms with Crippen molar-refractivity contribution in [2.24, 2.45) is 0 Å². The molecule has 2 aromatic rings. The standard InChI is InChI=1S/C19H22ClN3O3/c1-26-18-11-17(21)16(20)10-15(18)19(25)23-7-5-22(6-8-23)12-13-3-2-4-14(24)9-13/h2-4,9-11,24H,5-8,12,21H2,1H3. The largest absolute Gasteiger partial charge is 0.508 e. The summed E-state index contributed by atoms with van der Waals surface area (Å²) in [4.78, 5) is 16.9. The molecule has 0 unspecified atom stereocenters. The van der Waals surface area contributed by atoms with Crippen molar-refractivity contribution in [3.05, 3.63) is 52.5 Å². The van der Waals surface area contributed by atoms with Crippen LogP contribution in [0.1, 0.15) is 15.9 Å². The van der Waals surface area contributed by atoms with E-state index in [1.54, 1.807) is 29.2 Å². The number of carbonyl (C=O) groups is 1. The second-order valence-corrected chi connectivity index (χ2v) is 6.72. The van der Waals surface area contributed by atoms with Crippen molar-refractivity contribution in [2.45, 2.75) is 6.54 Å².